The van der Waals surface area contributed by atoms with Gasteiger partial charge in [0.15, 0.2) is 5.96 Å². The van der Waals surface area contributed by atoms with Crippen LogP contribution in [0.5, 0.6) is 5.75 Å². The fraction of sp³-hybridized carbons (Fsp3) is 0.611. The Morgan fingerprint density at radius 1 is 1.29 bits per heavy atom. The summed E-state index contributed by atoms with van der Waals surface area (Å²) in [4.78, 5) is 6.85. The number of likely N-dealkylation sites (tertiary alicyclic amines) is 1. The van der Waals surface area contributed by atoms with Gasteiger partial charge in [-0.15, -0.1) is 24.0 Å². The number of nitrogens with one attached hydrogen (secondary N) is 2. The van der Waals surface area contributed by atoms with Crippen LogP contribution in [-0.4, -0.2) is 51.2 Å². The van der Waals surface area contributed by atoms with E-state index < -0.39 is 0 Å². The van der Waals surface area contributed by atoms with E-state index in [2.05, 4.69) is 39.6 Å². The Bertz CT molecular complexity index is 492. The third-order valence-corrected chi connectivity index (χ3v) is 4.45. The Kier molecular flexibility index (Phi) is 10.1. The molecule has 1 saturated heterocycles. The molecule has 1 unspecified atom stereocenters. The molecular formula is C18H31IN4O. The highest BCUT2D eigenvalue weighted by Crippen LogP contribution is 2.15. The number of halogens is 1. The van der Waals surface area contributed by atoms with Crippen LogP contribution in [0.3, 0.4) is 0 Å². The zero-order valence-electron chi connectivity index (χ0n) is 15.0. The van der Waals surface area contributed by atoms with Gasteiger partial charge in [-0.1, -0.05) is 19.1 Å². The third-order valence-electron chi connectivity index (χ3n) is 4.45. The van der Waals surface area contributed by atoms with Crippen LogP contribution >= 0.6 is 24.0 Å². The SMILES string of the molecule is CCN1CCCC(CNC(=NC)NCc2ccc(OC)cc2)C1.I. The number of guanidine groups is 1. The first kappa shape index (κ1) is 21.0. The van der Waals surface area contributed by atoms with Gasteiger partial charge in [-0.3, -0.25) is 4.99 Å². The summed E-state index contributed by atoms with van der Waals surface area (Å²) in [6.45, 7) is 7.58. The summed E-state index contributed by atoms with van der Waals surface area (Å²) >= 11 is 0. The summed E-state index contributed by atoms with van der Waals surface area (Å²) in [7, 11) is 3.51. The van der Waals surface area contributed by atoms with Gasteiger partial charge in [-0.2, -0.15) is 0 Å². The molecule has 6 heteroatoms. The molecule has 1 aromatic carbocycles. The lowest BCUT2D eigenvalue weighted by Gasteiger charge is -2.32. The van der Waals surface area contributed by atoms with E-state index in [1.807, 2.05) is 19.2 Å². The Labute approximate surface area is 163 Å². The number of ether oxygens (including phenoxy) is 1. The number of benzene rings is 1. The lowest BCUT2D eigenvalue weighted by molar-refractivity contribution is 0.183. The molecule has 1 atom stereocenters. The van der Waals surface area contributed by atoms with E-state index in [4.69, 9.17) is 4.74 Å². The number of aliphatic imine (C=N–C) groups is 1. The van der Waals surface area contributed by atoms with E-state index in [-0.39, 0.29) is 24.0 Å². The second-order valence-electron chi connectivity index (χ2n) is 6.06. The van der Waals surface area contributed by atoms with Crippen LogP contribution in [-0.2, 0) is 6.54 Å². The topological polar surface area (TPSA) is 48.9 Å². The van der Waals surface area contributed by atoms with Crippen molar-refractivity contribution in [3.8, 4) is 5.75 Å². The second-order valence-corrected chi connectivity index (χ2v) is 6.06. The maximum Gasteiger partial charge on any atom is 0.191 e. The molecule has 2 N–H and O–H groups in total. The minimum absolute atomic E-state index is 0. The summed E-state index contributed by atoms with van der Waals surface area (Å²) in [6, 6.07) is 8.10. The van der Waals surface area contributed by atoms with Crippen LogP contribution in [0.15, 0.2) is 29.3 Å². The number of rotatable bonds is 6. The van der Waals surface area contributed by atoms with Gasteiger partial charge in [-0.25, -0.2) is 0 Å². The van der Waals surface area contributed by atoms with Crippen molar-refractivity contribution in [1.29, 1.82) is 0 Å². The van der Waals surface area contributed by atoms with Crippen molar-refractivity contribution in [3.05, 3.63) is 29.8 Å². The maximum atomic E-state index is 5.18. The van der Waals surface area contributed by atoms with E-state index in [0.717, 1.165) is 31.3 Å². The highest BCUT2D eigenvalue weighted by Gasteiger charge is 2.18. The second kappa shape index (κ2) is 11.5. The van der Waals surface area contributed by atoms with Crippen molar-refractivity contribution in [3.63, 3.8) is 0 Å². The minimum atomic E-state index is 0. The molecule has 0 amide bonds. The molecule has 1 fully saturated rings. The summed E-state index contributed by atoms with van der Waals surface area (Å²) in [5.74, 6) is 2.46. The highest BCUT2D eigenvalue weighted by atomic mass is 127. The molecule has 136 valence electrons. The van der Waals surface area contributed by atoms with Crippen molar-refractivity contribution < 1.29 is 4.74 Å². The average Bonchev–Trinajstić information content (AvgIpc) is 2.62. The van der Waals surface area contributed by atoms with Crippen molar-refractivity contribution in [2.75, 3.05) is 40.3 Å². The molecule has 1 aliphatic rings. The number of methoxy groups -OCH3 is 1. The minimum Gasteiger partial charge on any atom is -0.497 e. The highest BCUT2D eigenvalue weighted by molar-refractivity contribution is 14.0. The Hall–Kier alpha value is -1.02. The standard InChI is InChI=1S/C18H30N4O.HI/c1-4-22-11-5-6-16(14-22)13-21-18(19-2)20-12-15-7-9-17(23-3)10-8-15;/h7-10,16H,4-6,11-14H2,1-3H3,(H2,19,20,21);1H. The molecule has 1 heterocycles. The van der Waals surface area contributed by atoms with Crippen LogP contribution < -0.4 is 15.4 Å². The predicted octanol–water partition coefficient (Wildman–Crippen LogP) is 2.71. The van der Waals surface area contributed by atoms with Crippen LogP contribution in [0.4, 0.5) is 0 Å². The van der Waals surface area contributed by atoms with Gasteiger partial charge in [-0.05, 0) is 49.5 Å². The molecule has 0 radical (unpaired) electrons. The van der Waals surface area contributed by atoms with Crippen molar-refractivity contribution >= 4 is 29.9 Å². The van der Waals surface area contributed by atoms with Gasteiger partial charge < -0.3 is 20.3 Å². The molecule has 0 aliphatic carbocycles. The average molecular weight is 446 g/mol. The predicted molar refractivity (Wildman–Crippen MR) is 111 cm³/mol. The van der Waals surface area contributed by atoms with Crippen molar-refractivity contribution in [2.24, 2.45) is 10.9 Å². The number of hydrogen-bond acceptors (Lipinski definition) is 3. The normalized spacial score (nSPS) is 18.6. The largest absolute Gasteiger partial charge is 0.497 e. The zero-order chi connectivity index (χ0) is 16.5. The Morgan fingerprint density at radius 2 is 2.04 bits per heavy atom. The molecule has 0 saturated carbocycles. The van der Waals surface area contributed by atoms with Crippen LogP contribution in [0.1, 0.15) is 25.3 Å². The maximum absolute atomic E-state index is 5.18. The molecule has 24 heavy (non-hydrogen) atoms. The summed E-state index contributed by atoms with van der Waals surface area (Å²) in [5, 5.41) is 6.84. The Balaban J connectivity index is 0.00000288. The van der Waals surface area contributed by atoms with Gasteiger partial charge in [0.05, 0.1) is 7.11 Å². The molecule has 5 nitrogen and oxygen atoms in total. The molecule has 0 aromatic heterocycles. The summed E-state index contributed by atoms with van der Waals surface area (Å²) < 4.78 is 5.18. The van der Waals surface area contributed by atoms with E-state index >= 15 is 0 Å². The van der Waals surface area contributed by atoms with Crippen LogP contribution in [0, 0.1) is 5.92 Å². The van der Waals surface area contributed by atoms with E-state index in [1.54, 1.807) is 7.11 Å². The third kappa shape index (κ3) is 6.84. The van der Waals surface area contributed by atoms with Gasteiger partial charge in [0.25, 0.3) is 0 Å². The lowest BCUT2D eigenvalue weighted by Crippen LogP contribution is -2.44. The van der Waals surface area contributed by atoms with Gasteiger partial charge in [0, 0.05) is 26.7 Å². The summed E-state index contributed by atoms with van der Waals surface area (Å²) in [5.41, 5.74) is 1.21. The van der Waals surface area contributed by atoms with Crippen molar-refractivity contribution in [2.45, 2.75) is 26.3 Å². The summed E-state index contributed by atoms with van der Waals surface area (Å²) in [6.07, 6.45) is 2.61. The molecular weight excluding hydrogens is 415 g/mol. The zero-order valence-corrected chi connectivity index (χ0v) is 17.4. The first-order valence-corrected chi connectivity index (χ1v) is 8.55. The molecule has 1 aromatic rings. The van der Waals surface area contributed by atoms with Crippen LogP contribution in [0.2, 0.25) is 0 Å². The molecule has 0 bridgehead atoms. The van der Waals surface area contributed by atoms with Gasteiger partial charge in [0.2, 0.25) is 0 Å². The number of piperidine rings is 1. The lowest BCUT2D eigenvalue weighted by atomic mass is 9.98. The molecule has 2 rings (SSSR count). The van der Waals surface area contributed by atoms with Crippen molar-refractivity contribution in [1.82, 2.24) is 15.5 Å². The first-order chi connectivity index (χ1) is 11.2. The van der Waals surface area contributed by atoms with E-state index in [9.17, 15) is 0 Å². The van der Waals surface area contributed by atoms with E-state index in [1.165, 1.54) is 31.5 Å². The Morgan fingerprint density at radius 3 is 2.67 bits per heavy atom. The van der Waals surface area contributed by atoms with Gasteiger partial charge >= 0.3 is 0 Å². The molecule has 1 aliphatic heterocycles. The quantitative estimate of drug-likeness (QED) is 0.401. The first-order valence-electron chi connectivity index (χ1n) is 8.55. The smallest absolute Gasteiger partial charge is 0.191 e. The monoisotopic (exact) mass is 446 g/mol. The molecule has 0 spiro atoms. The fourth-order valence-electron chi connectivity index (χ4n) is 3.00. The number of hydrogen-bond donors (Lipinski definition) is 2. The van der Waals surface area contributed by atoms with Crippen LogP contribution in [0.25, 0.3) is 0 Å². The fourth-order valence-corrected chi connectivity index (χ4v) is 3.00. The number of nitrogens with zero attached hydrogens (tertiary/aromatic N) is 2. The van der Waals surface area contributed by atoms with E-state index in [0.29, 0.717) is 5.92 Å². The van der Waals surface area contributed by atoms with Gasteiger partial charge in [0.1, 0.15) is 5.75 Å².